The van der Waals surface area contributed by atoms with Crippen LogP contribution in [0.3, 0.4) is 0 Å². The Labute approximate surface area is 167 Å². The molecule has 0 radical (unpaired) electrons. The van der Waals surface area contributed by atoms with Gasteiger partial charge < -0.3 is 0 Å². The molecule has 1 atom stereocenters. The van der Waals surface area contributed by atoms with Gasteiger partial charge in [-0.2, -0.15) is 5.10 Å². The lowest BCUT2D eigenvalue weighted by Crippen LogP contribution is -2.23. The van der Waals surface area contributed by atoms with Crippen molar-refractivity contribution in [1.82, 2.24) is 10.2 Å². The van der Waals surface area contributed by atoms with E-state index in [1.165, 1.54) is 0 Å². The molecule has 0 amide bonds. The standard InChI is InChI=1S/C21H17Cl2N3O/c1-12-17(11-24-26-12)21-16-10-15(22)7-6-13(16)9-20(27)19(25-21)8-14-4-2-3-5-18(14)23/h2-7,10-11,19H,8-9H2,1H3,(H,24,26). The summed E-state index contributed by atoms with van der Waals surface area (Å²) < 4.78 is 0. The molecule has 0 fully saturated rings. The minimum Gasteiger partial charge on any atom is -0.297 e. The first-order chi connectivity index (χ1) is 13.0. The van der Waals surface area contributed by atoms with Crippen molar-refractivity contribution in [3.8, 4) is 0 Å². The first-order valence-electron chi connectivity index (χ1n) is 8.66. The predicted octanol–water partition coefficient (Wildman–Crippen LogP) is 4.60. The number of ketones is 1. The van der Waals surface area contributed by atoms with Crippen LogP contribution in [0.15, 0.2) is 53.7 Å². The summed E-state index contributed by atoms with van der Waals surface area (Å²) in [7, 11) is 0. The van der Waals surface area contributed by atoms with Crippen LogP contribution >= 0.6 is 23.2 Å². The van der Waals surface area contributed by atoms with Gasteiger partial charge in [-0.1, -0.05) is 47.5 Å². The number of nitrogens with one attached hydrogen (secondary N) is 1. The van der Waals surface area contributed by atoms with Gasteiger partial charge in [-0.25, -0.2) is 0 Å². The van der Waals surface area contributed by atoms with Gasteiger partial charge in [-0.05, 0) is 36.2 Å². The van der Waals surface area contributed by atoms with Gasteiger partial charge in [-0.15, -0.1) is 0 Å². The lowest BCUT2D eigenvalue weighted by molar-refractivity contribution is -0.119. The van der Waals surface area contributed by atoms with Crippen molar-refractivity contribution in [2.24, 2.45) is 4.99 Å². The highest BCUT2D eigenvalue weighted by Gasteiger charge is 2.28. The highest BCUT2D eigenvalue weighted by Crippen LogP contribution is 2.27. The van der Waals surface area contributed by atoms with Crippen LogP contribution in [0.1, 0.15) is 27.9 Å². The second kappa shape index (κ2) is 7.29. The van der Waals surface area contributed by atoms with E-state index in [9.17, 15) is 4.79 Å². The zero-order chi connectivity index (χ0) is 19.0. The Hall–Kier alpha value is -2.43. The third kappa shape index (κ3) is 3.55. The van der Waals surface area contributed by atoms with Crippen molar-refractivity contribution >= 4 is 34.7 Å². The molecular formula is C21H17Cl2N3O. The number of halogens is 2. The molecule has 0 aliphatic carbocycles. The van der Waals surface area contributed by atoms with Crippen LogP contribution in [-0.4, -0.2) is 27.7 Å². The number of rotatable bonds is 3. The number of benzene rings is 2. The summed E-state index contributed by atoms with van der Waals surface area (Å²) in [5, 5.41) is 8.32. The van der Waals surface area contributed by atoms with Gasteiger partial charge in [0.2, 0.25) is 0 Å². The maximum absolute atomic E-state index is 13.0. The largest absolute Gasteiger partial charge is 0.297 e. The molecule has 1 unspecified atom stereocenters. The fourth-order valence-corrected chi connectivity index (χ4v) is 3.75. The summed E-state index contributed by atoms with van der Waals surface area (Å²) in [4.78, 5) is 17.8. The zero-order valence-corrected chi connectivity index (χ0v) is 16.2. The van der Waals surface area contributed by atoms with E-state index in [4.69, 9.17) is 28.2 Å². The van der Waals surface area contributed by atoms with Crippen molar-refractivity contribution in [2.45, 2.75) is 25.8 Å². The molecule has 6 heteroatoms. The number of fused-ring (bicyclic) bond motifs is 1. The molecule has 2 aromatic carbocycles. The van der Waals surface area contributed by atoms with Gasteiger partial charge in [-0.3, -0.25) is 14.9 Å². The minimum atomic E-state index is -0.514. The summed E-state index contributed by atoms with van der Waals surface area (Å²) >= 11 is 12.5. The molecule has 1 aliphatic rings. The number of Topliss-reactive ketones (excluding diaryl/α,β-unsaturated/α-hetero) is 1. The Morgan fingerprint density at radius 1 is 1.15 bits per heavy atom. The smallest absolute Gasteiger partial charge is 0.162 e. The van der Waals surface area contributed by atoms with Crippen LogP contribution < -0.4 is 0 Å². The van der Waals surface area contributed by atoms with Crippen molar-refractivity contribution in [3.05, 3.63) is 86.7 Å². The summed E-state index contributed by atoms with van der Waals surface area (Å²) in [6, 6.07) is 12.6. The fourth-order valence-electron chi connectivity index (χ4n) is 3.36. The van der Waals surface area contributed by atoms with Gasteiger partial charge in [0, 0.05) is 39.7 Å². The Kier molecular flexibility index (Phi) is 4.85. The fraction of sp³-hybridized carbons (Fsp3) is 0.190. The number of aryl methyl sites for hydroxylation is 1. The van der Waals surface area contributed by atoms with Crippen LogP contribution in [0.25, 0.3) is 0 Å². The lowest BCUT2D eigenvalue weighted by Gasteiger charge is -2.12. The topological polar surface area (TPSA) is 58.1 Å². The highest BCUT2D eigenvalue weighted by molar-refractivity contribution is 6.32. The molecule has 0 spiro atoms. The van der Waals surface area contributed by atoms with E-state index in [-0.39, 0.29) is 5.78 Å². The number of nitrogens with zero attached hydrogens (tertiary/aromatic N) is 2. The molecule has 0 bridgehead atoms. The Bertz CT molecular complexity index is 1060. The van der Waals surface area contributed by atoms with E-state index in [0.717, 1.165) is 33.7 Å². The molecule has 1 N–H and O–H groups in total. The summed E-state index contributed by atoms with van der Waals surface area (Å²) in [5.74, 6) is 0.0645. The van der Waals surface area contributed by atoms with E-state index < -0.39 is 6.04 Å². The molecule has 0 saturated heterocycles. The normalized spacial score (nSPS) is 16.6. The van der Waals surface area contributed by atoms with Crippen LogP contribution in [0.5, 0.6) is 0 Å². The third-order valence-electron chi connectivity index (χ3n) is 4.80. The van der Waals surface area contributed by atoms with E-state index in [1.807, 2.05) is 49.4 Å². The number of aromatic amines is 1. The number of hydrogen-bond acceptors (Lipinski definition) is 3. The maximum Gasteiger partial charge on any atom is 0.162 e. The molecule has 1 aliphatic heterocycles. The van der Waals surface area contributed by atoms with Crippen LogP contribution in [0, 0.1) is 6.92 Å². The monoisotopic (exact) mass is 397 g/mol. The SMILES string of the molecule is Cc1[nH]ncc1C1=NC(Cc2ccccc2Cl)C(=O)Cc2ccc(Cl)cc21. The molecule has 27 heavy (non-hydrogen) atoms. The van der Waals surface area contributed by atoms with Gasteiger partial charge in [0.15, 0.2) is 5.78 Å². The third-order valence-corrected chi connectivity index (χ3v) is 5.41. The Balaban J connectivity index is 1.85. The van der Waals surface area contributed by atoms with Crippen LogP contribution in [0.2, 0.25) is 10.0 Å². The minimum absolute atomic E-state index is 0.0645. The number of carbonyl (C=O) groups is 1. The number of aliphatic imine (C=N–C) groups is 1. The van der Waals surface area contributed by atoms with E-state index >= 15 is 0 Å². The van der Waals surface area contributed by atoms with Crippen molar-refractivity contribution in [3.63, 3.8) is 0 Å². The summed E-state index contributed by atoms with van der Waals surface area (Å²) in [6.45, 7) is 1.94. The van der Waals surface area contributed by atoms with E-state index in [0.29, 0.717) is 22.9 Å². The Morgan fingerprint density at radius 2 is 1.96 bits per heavy atom. The molecule has 1 aromatic heterocycles. The number of hydrogen-bond donors (Lipinski definition) is 1. The van der Waals surface area contributed by atoms with E-state index in [1.54, 1.807) is 6.20 Å². The Morgan fingerprint density at radius 3 is 2.70 bits per heavy atom. The second-order valence-electron chi connectivity index (χ2n) is 6.64. The first kappa shape index (κ1) is 18.0. The van der Waals surface area contributed by atoms with Gasteiger partial charge >= 0.3 is 0 Å². The van der Waals surface area contributed by atoms with E-state index in [2.05, 4.69) is 10.2 Å². The van der Waals surface area contributed by atoms with Crippen LogP contribution in [-0.2, 0) is 17.6 Å². The van der Waals surface area contributed by atoms with Gasteiger partial charge in [0.25, 0.3) is 0 Å². The predicted molar refractivity (Wildman–Crippen MR) is 108 cm³/mol. The molecule has 4 rings (SSSR count). The quantitative estimate of drug-likeness (QED) is 0.701. The molecule has 0 saturated carbocycles. The second-order valence-corrected chi connectivity index (χ2v) is 7.49. The van der Waals surface area contributed by atoms with Gasteiger partial charge in [0.1, 0.15) is 6.04 Å². The first-order valence-corrected chi connectivity index (χ1v) is 9.41. The van der Waals surface area contributed by atoms with Gasteiger partial charge in [0.05, 0.1) is 11.9 Å². The maximum atomic E-state index is 13.0. The summed E-state index contributed by atoms with van der Waals surface area (Å²) in [5.41, 5.74) is 5.21. The molecule has 2 heterocycles. The molecule has 4 nitrogen and oxygen atoms in total. The number of H-pyrrole nitrogens is 1. The summed E-state index contributed by atoms with van der Waals surface area (Å²) in [6.07, 6.45) is 2.51. The van der Waals surface area contributed by atoms with Crippen molar-refractivity contribution in [1.29, 1.82) is 0 Å². The molecule has 136 valence electrons. The number of aromatic nitrogens is 2. The average Bonchev–Trinajstić information content (AvgIpc) is 3.02. The lowest BCUT2D eigenvalue weighted by atomic mass is 9.95. The average molecular weight is 398 g/mol. The molecular weight excluding hydrogens is 381 g/mol. The molecule has 3 aromatic rings. The van der Waals surface area contributed by atoms with Crippen LogP contribution in [0.4, 0.5) is 0 Å². The van der Waals surface area contributed by atoms with Crippen molar-refractivity contribution in [2.75, 3.05) is 0 Å². The number of carbonyl (C=O) groups excluding carboxylic acids is 1. The van der Waals surface area contributed by atoms with Crippen molar-refractivity contribution < 1.29 is 4.79 Å². The zero-order valence-electron chi connectivity index (χ0n) is 14.7. The highest BCUT2D eigenvalue weighted by atomic mass is 35.5.